The lowest BCUT2D eigenvalue weighted by Crippen LogP contribution is -2.27. The Balaban J connectivity index is 2.24. The van der Waals surface area contributed by atoms with Crippen molar-refractivity contribution in [3.8, 4) is 0 Å². The predicted molar refractivity (Wildman–Crippen MR) is 81.1 cm³/mol. The van der Waals surface area contributed by atoms with Gasteiger partial charge in [0.1, 0.15) is 5.15 Å². The molecule has 1 heterocycles. The molecular weight excluding hydrogens is 366 g/mol. The molecule has 1 aromatic heterocycles. The van der Waals surface area contributed by atoms with Crippen LogP contribution in [0.25, 0.3) is 0 Å². The highest BCUT2D eigenvalue weighted by molar-refractivity contribution is 9.10. The van der Waals surface area contributed by atoms with Gasteiger partial charge in [-0.1, -0.05) is 39.7 Å². The maximum atomic E-state index is 12.2. The molecule has 1 unspecified atom stereocenters. The van der Waals surface area contributed by atoms with Crippen LogP contribution in [0.1, 0.15) is 18.5 Å². The van der Waals surface area contributed by atoms with E-state index in [4.69, 9.17) is 11.6 Å². The third kappa shape index (κ3) is 3.22. The molecule has 5 nitrogen and oxygen atoms in total. The number of benzene rings is 1. The number of halogens is 2. The second-order valence-corrected chi connectivity index (χ2v) is 7.25. The fourth-order valence-corrected chi connectivity index (χ4v) is 3.61. The van der Waals surface area contributed by atoms with Crippen molar-refractivity contribution >= 4 is 37.6 Å². The third-order valence-electron chi connectivity index (χ3n) is 2.79. The van der Waals surface area contributed by atoms with E-state index in [9.17, 15) is 8.42 Å². The average molecular weight is 379 g/mol. The second-order valence-electron chi connectivity index (χ2n) is 4.35. The summed E-state index contributed by atoms with van der Waals surface area (Å²) in [5, 5.41) is -0.0777. The van der Waals surface area contributed by atoms with Gasteiger partial charge in [-0.25, -0.2) is 18.1 Å². The highest BCUT2D eigenvalue weighted by atomic mass is 79.9. The zero-order valence-corrected chi connectivity index (χ0v) is 14.0. The van der Waals surface area contributed by atoms with Crippen LogP contribution in [0.4, 0.5) is 0 Å². The number of sulfonamides is 1. The van der Waals surface area contributed by atoms with E-state index in [0.717, 1.165) is 10.0 Å². The molecule has 0 spiro atoms. The van der Waals surface area contributed by atoms with Gasteiger partial charge in [-0.05, 0) is 24.6 Å². The van der Waals surface area contributed by atoms with Crippen molar-refractivity contribution in [1.82, 2.24) is 14.3 Å². The first-order valence-electron chi connectivity index (χ1n) is 5.76. The number of hydrogen-bond donors (Lipinski definition) is 1. The number of aromatic nitrogens is 2. The van der Waals surface area contributed by atoms with Crippen LogP contribution in [0.5, 0.6) is 0 Å². The molecule has 0 aliphatic rings. The minimum atomic E-state index is -3.75. The molecule has 8 heteroatoms. The summed E-state index contributed by atoms with van der Waals surface area (Å²) < 4.78 is 29.4. The summed E-state index contributed by atoms with van der Waals surface area (Å²) in [4.78, 5) is 3.82. The summed E-state index contributed by atoms with van der Waals surface area (Å²) in [6.07, 6.45) is 1.36. The van der Waals surface area contributed by atoms with Crippen molar-refractivity contribution in [1.29, 1.82) is 0 Å². The van der Waals surface area contributed by atoms with Crippen LogP contribution in [0.15, 0.2) is 40.1 Å². The molecule has 0 radical (unpaired) electrons. The lowest BCUT2D eigenvalue weighted by atomic mass is 10.1. The third-order valence-corrected chi connectivity index (χ3v) is 5.35. The second kappa shape index (κ2) is 5.85. The van der Waals surface area contributed by atoms with Crippen molar-refractivity contribution < 1.29 is 8.42 Å². The molecule has 0 aliphatic heterocycles. The molecule has 2 aromatic rings. The zero-order valence-electron chi connectivity index (χ0n) is 10.8. The van der Waals surface area contributed by atoms with Gasteiger partial charge in [0.2, 0.25) is 5.03 Å². The van der Waals surface area contributed by atoms with Crippen LogP contribution in [0.3, 0.4) is 0 Å². The van der Waals surface area contributed by atoms with E-state index in [2.05, 4.69) is 25.6 Å². The van der Waals surface area contributed by atoms with Crippen molar-refractivity contribution in [2.75, 3.05) is 0 Å². The van der Waals surface area contributed by atoms with Gasteiger partial charge in [0.25, 0.3) is 10.0 Å². The molecule has 0 saturated heterocycles. The van der Waals surface area contributed by atoms with E-state index in [1.54, 1.807) is 14.0 Å². The van der Waals surface area contributed by atoms with Gasteiger partial charge >= 0.3 is 0 Å². The zero-order chi connectivity index (χ0) is 14.9. The maximum absolute atomic E-state index is 12.2. The Kier molecular flexibility index (Phi) is 4.53. The number of nitrogens with zero attached hydrogens (tertiary/aromatic N) is 2. The Morgan fingerprint density at radius 2 is 1.95 bits per heavy atom. The van der Waals surface area contributed by atoms with Gasteiger partial charge in [0.05, 0.1) is 6.33 Å². The van der Waals surface area contributed by atoms with E-state index < -0.39 is 10.0 Å². The van der Waals surface area contributed by atoms with Crippen LogP contribution in [0, 0.1) is 0 Å². The molecule has 1 N–H and O–H groups in total. The largest absolute Gasteiger partial charge is 0.324 e. The molecule has 20 heavy (non-hydrogen) atoms. The van der Waals surface area contributed by atoms with E-state index in [1.165, 1.54) is 10.9 Å². The molecule has 2 rings (SSSR count). The highest BCUT2D eigenvalue weighted by Gasteiger charge is 2.24. The summed E-state index contributed by atoms with van der Waals surface area (Å²) in [6, 6.07) is 7.02. The maximum Gasteiger partial charge on any atom is 0.261 e. The molecular formula is C12H13BrClN3O2S. The average Bonchev–Trinajstić information content (AvgIpc) is 2.71. The van der Waals surface area contributed by atoms with E-state index in [-0.39, 0.29) is 16.2 Å². The quantitative estimate of drug-likeness (QED) is 0.890. The Bertz CT molecular complexity index is 713. The molecule has 1 aromatic carbocycles. The lowest BCUT2D eigenvalue weighted by Gasteiger charge is -2.13. The van der Waals surface area contributed by atoms with Crippen molar-refractivity contribution in [2.24, 2.45) is 7.05 Å². The SMILES string of the molecule is CC(NS(=O)(=O)c1ncn(C)c1Cl)c1ccc(Br)cc1. The molecule has 0 saturated carbocycles. The standard InChI is InChI=1S/C12H13BrClN3O2S/c1-8(9-3-5-10(13)6-4-9)16-20(18,19)12-11(14)17(2)7-15-12/h3-8,16H,1-2H3. The molecule has 0 fully saturated rings. The Morgan fingerprint density at radius 1 is 1.35 bits per heavy atom. The smallest absolute Gasteiger partial charge is 0.261 e. The van der Waals surface area contributed by atoms with Gasteiger partial charge < -0.3 is 4.57 Å². The van der Waals surface area contributed by atoms with E-state index in [1.807, 2.05) is 24.3 Å². The molecule has 108 valence electrons. The van der Waals surface area contributed by atoms with Crippen molar-refractivity contribution in [3.63, 3.8) is 0 Å². The van der Waals surface area contributed by atoms with Crippen LogP contribution in [0.2, 0.25) is 5.15 Å². The number of aryl methyl sites for hydroxylation is 1. The van der Waals surface area contributed by atoms with Gasteiger partial charge in [0, 0.05) is 17.6 Å². The lowest BCUT2D eigenvalue weighted by molar-refractivity contribution is 0.563. The van der Waals surface area contributed by atoms with E-state index in [0.29, 0.717) is 0 Å². The predicted octanol–water partition coefficient (Wildman–Crippen LogP) is 2.88. The van der Waals surface area contributed by atoms with Gasteiger partial charge in [0.15, 0.2) is 0 Å². The summed E-state index contributed by atoms with van der Waals surface area (Å²) >= 11 is 9.25. The minimum absolute atomic E-state index is 0.0838. The van der Waals surface area contributed by atoms with Crippen LogP contribution in [-0.4, -0.2) is 18.0 Å². The summed E-state index contributed by atoms with van der Waals surface area (Å²) in [7, 11) is -2.12. The van der Waals surface area contributed by atoms with Gasteiger partial charge in [-0.2, -0.15) is 0 Å². The topological polar surface area (TPSA) is 64.0 Å². The van der Waals surface area contributed by atoms with E-state index >= 15 is 0 Å². The van der Waals surface area contributed by atoms with Crippen LogP contribution >= 0.6 is 27.5 Å². The Hall–Kier alpha value is -0.890. The molecule has 1 atom stereocenters. The van der Waals surface area contributed by atoms with Gasteiger partial charge in [-0.3, -0.25) is 0 Å². The number of nitrogens with one attached hydrogen (secondary N) is 1. The Morgan fingerprint density at radius 3 is 2.45 bits per heavy atom. The van der Waals surface area contributed by atoms with Crippen LogP contribution in [-0.2, 0) is 17.1 Å². The molecule has 0 bridgehead atoms. The summed E-state index contributed by atoms with van der Waals surface area (Å²) in [5.41, 5.74) is 0.851. The first-order valence-corrected chi connectivity index (χ1v) is 8.41. The molecule has 0 amide bonds. The fourth-order valence-electron chi connectivity index (χ4n) is 1.68. The van der Waals surface area contributed by atoms with Crippen molar-refractivity contribution in [3.05, 3.63) is 45.8 Å². The van der Waals surface area contributed by atoms with Crippen molar-refractivity contribution in [2.45, 2.75) is 18.0 Å². The number of imidazole rings is 1. The highest BCUT2D eigenvalue weighted by Crippen LogP contribution is 2.22. The fraction of sp³-hybridized carbons (Fsp3) is 0.250. The summed E-state index contributed by atoms with van der Waals surface area (Å²) in [5.74, 6) is 0. The minimum Gasteiger partial charge on any atom is -0.324 e. The summed E-state index contributed by atoms with van der Waals surface area (Å²) in [6.45, 7) is 1.76. The monoisotopic (exact) mass is 377 g/mol. The Labute approximate surface area is 131 Å². The normalized spacial score (nSPS) is 13.4. The number of rotatable bonds is 4. The molecule has 0 aliphatic carbocycles. The van der Waals surface area contributed by atoms with Gasteiger partial charge in [-0.15, -0.1) is 0 Å². The van der Waals surface area contributed by atoms with Crippen LogP contribution < -0.4 is 4.72 Å². The number of hydrogen-bond acceptors (Lipinski definition) is 3. The first-order chi connectivity index (χ1) is 9.31. The first kappa shape index (κ1) is 15.5.